The number of nitrogens with two attached hydrogens (primary N) is 1. The summed E-state index contributed by atoms with van der Waals surface area (Å²) in [6, 6.07) is 16.6. The highest BCUT2D eigenvalue weighted by molar-refractivity contribution is 7.89. The molecular formula is C20H13F3N2O3S. The van der Waals surface area contributed by atoms with Crippen LogP contribution in [0.15, 0.2) is 71.6 Å². The van der Waals surface area contributed by atoms with Crippen LogP contribution in [0.1, 0.15) is 11.1 Å². The van der Waals surface area contributed by atoms with Gasteiger partial charge in [0.1, 0.15) is 16.4 Å². The Morgan fingerprint density at radius 3 is 2.21 bits per heavy atom. The molecule has 0 fully saturated rings. The van der Waals surface area contributed by atoms with Gasteiger partial charge >= 0.3 is 6.18 Å². The normalized spacial score (nSPS) is 11.7. The number of ether oxygens (including phenoxy) is 1. The lowest BCUT2D eigenvalue weighted by atomic mass is 10.0. The van der Waals surface area contributed by atoms with Gasteiger partial charge in [0, 0.05) is 0 Å². The molecule has 0 heterocycles. The molecule has 0 amide bonds. The highest BCUT2D eigenvalue weighted by Gasteiger charge is 2.30. The van der Waals surface area contributed by atoms with Crippen LogP contribution in [0.4, 0.5) is 13.2 Å². The summed E-state index contributed by atoms with van der Waals surface area (Å²) in [7, 11) is -4.15. The third-order valence-corrected chi connectivity index (χ3v) is 4.92. The smallest absolute Gasteiger partial charge is 0.416 e. The molecule has 0 saturated heterocycles. The first-order valence-corrected chi connectivity index (χ1v) is 9.65. The number of benzene rings is 3. The van der Waals surface area contributed by atoms with Gasteiger partial charge in [-0.25, -0.2) is 13.6 Å². The van der Waals surface area contributed by atoms with Crippen LogP contribution < -0.4 is 9.88 Å². The van der Waals surface area contributed by atoms with Crippen LogP contribution in [0.5, 0.6) is 11.5 Å². The summed E-state index contributed by atoms with van der Waals surface area (Å²) in [6.07, 6.45) is -4.43. The van der Waals surface area contributed by atoms with Crippen LogP contribution in [0.25, 0.3) is 11.1 Å². The second-order valence-corrected chi connectivity index (χ2v) is 7.55. The topological polar surface area (TPSA) is 93.2 Å². The van der Waals surface area contributed by atoms with Crippen molar-refractivity contribution in [2.45, 2.75) is 11.1 Å². The van der Waals surface area contributed by atoms with Gasteiger partial charge in [-0.05, 0) is 53.6 Å². The lowest BCUT2D eigenvalue weighted by Gasteiger charge is -2.12. The maximum atomic E-state index is 12.7. The second-order valence-electron chi connectivity index (χ2n) is 6.02. The fourth-order valence-electron chi connectivity index (χ4n) is 2.60. The Morgan fingerprint density at radius 2 is 1.62 bits per heavy atom. The summed E-state index contributed by atoms with van der Waals surface area (Å²) >= 11 is 0. The van der Waals surface area contributed by atoms with Crippen LogP contribution >= 0.6 is 0 Å². The van der Waals surface area contributed by atoms with Gasteiger partial charge in [0.15, 0.2) is 0 Å². The predicted molar refractivity (Wildman–Crippen MR) is 99.5 cm³/mol. The molecule has 0 bridgehead atoms. The van der Waals surface area contributed by atoms with Crippen LogP contribution in [0.3, 0.4) is 0 Å². The van der Waals surface area contributed by atoms with E-state index in [4.69, 9.17) is 15.1 Å². The van der Waals surface area contributed by atoms with Crippen molar-refractivity contribution in [1.82, 2.24) is 0 Å². The number of primary sulfonamides is 1. The third-order valence-electron chi connectivity index (χ3n) is 3.99. The maximum Gasteiger partial charge on any atom is 0.416 e. The number of rotatable bonds is 4. The Kier molecular flexibility index (Phi) is 5.33. The van der Waals surface area contributed by atoms with Gasteiger partial charge in [-0.2, -0.15) is 18.4 Å². The Bertz CT molecular complexity index is 1200. The molecule has 0 aliphatic rings. The lowest BCUT2D eigenvalue weighted by Crippen LogP contribution is -2.13. The molecule has 29 heavy (non-hydrogen) atoms. The number of nitriles is 1. The zero-order chi connectivity index (χ0) is 21.2. The molecule has 148 valence electrons. The number of sulfonamides is 1. The largest absolute Gasteiger partial charge is 0.456 e. The van der Waals surface area contributed by atoms with Gasteiger partial charge in [0.2, 0.25) is 10.0 Å². The average molecular weight is 418 g/mol. The van der Waals surface area contributed by atoms with Crippen molar-refractivity contribution in [2.75, 3.05) is 0 Å². The van der Waals surface area contributed by atoms with Crippen molar-refractivity contribution in [1.29, 1.82) is 5.26 Å². The summed E-state index contributed by atoms with van der Waals surface area (Å²) in [4.78, 5) is -0.350. The van der Waals surface area contributed by atoms with Crippen LogP contribution in [0, 0.1) is 11.3 Å². The van der Waals surface area contributed by atoms with E-state index in [9.17, 15) is 21.6 Å². The molecule has 0 aliphatic heterocycles. The van der Waals surface area contributed by atoms with Crippen molar-refractivity contribution in [2.24, 2.45) is 5.14 Å². The van der Waals surface area contributed by atoms with Crippen molar-refractivity contribution in [3.05, 3.63) is 77.9 Å². The Labute approximate surface area is 164 Å². The van der Waals surface area contributed by atoms with E-state index in [1.54, 1.807) is 24.3 Å². The van der Waals surface area contributed by atoms with Gasteiger partial charge in [-0.1, -0.05) is 24.3 Å². The minimum Gasteiger partial charge on any atom is -0.456 e. The van der Waals surface area contributed by atoms with E-state index in [0.29, 0.717) is 11.1 Å². The quantitative estimate of drug-likeness (QED) is 0.666. The Hall–Kier alpha value is -3.35. The van der Waals surface area contributed by atoms with Gasteiger partial charge in [0.25, 0.3) is 0 Å². The first-order valence-electron chi connectivity index (χ1n) is 8.10. The molecule has 2 N–H and O–H groups in total. The minimum atomic E-state index is -4.43. The number of halogens is 3. The van der Waals surface area contributed by atoms with E-state index >= 15 is 0 Å². The molecule has 3 aromatic rings. The van der Waals surface area contributed by atoms with Gasteiger partial charge in [-0.3, -0.25) is 0 Å². The standard InChI is InChI=1S/C20H13F3N2O3S/c21-20(22,23)16-7-5-14(6-8-16)15-2-1-3-17(11-15)28-18-9-4-13(12-24)10-19(18)29(25,26)27/h1-11H,(H2,25,26,27). The SMILES string of the molecule is N#Cc1ccc(Oc2cccc(-c3ccc(C(F)(F)F)cc3)c2)c(S(N)(=O)=O)c1. The predicted octanol–water partition coefficient (Wildman–Crippen LogP) is 4.68. The molecule has 0 saturated carbocycles. The van der Waals surface area contributed by atoms with Gasteiger partial charge in [0.05, 0.1) is 17.2 Å². The number of nitrogens with zero attached hydrogens (tertiary/aromatic N) is 1. The van der Waals surface area contributed by atoms with E-state index < -0.39 is 21.8 Å². The van der Waals surface area contributed by atoms with E-state index in [-0.39, 0.29) is 22.0 Å². The van der Waals surface area contributed by atoms with Gasteiger partial charge in [-0.15, -0.1) is 0 Å². The van der Waals surface area contributed by atoms with Crippen molar-refractivity contribution in [3.8, 4) is 28.7 Å². The Balaban J connectivity index is 1.95. The van der Waals surface area contributed by atoms with Crippen molar-refractivity contribution < 1.29 is 26.3 Å². The molecule has 0 radical (unpaired) electrons. The zero-order valence-corrected chi connectivity index (χ0v) is 15.5. The molecule has 0 aliphatic carbocycles. The second kappa shape index (κ2) is 7.58. The van der Waals surface area contributed by atoms with E-state index in [1.165, 1.54) is 24.3 Å². The van der Waals surface area contributed by atoms with E-state index in [0.717, 1.165) is 18.2 Å². The van der Waals surface area contributed by atoms with E-state index in [2.05, 4.69) is 0 Å². The van der Waals surface area contributed by atoms with Crippen LogP contribution in [0.2, 0.25) is 0 Å². The summed E-state index contributed by atoms with van der Waals surface area (Å²) in [5.74, 6) is 0.174. The number of alkyl halides is 3. The van der Waals surface area contributed by atoms with E-state index in [1.807, 2.05) is 6.07 Å². The molecule has 0 atom stereocenters. The molecule has 5 nitrogen and oxygen atoms in total. The average Bonchev–Trinajstić information content (AvgIpc) is 2.67. The molecule has 3 rings (SSSR count). The third kappa shape index (κ3) is 4.74. The highest BCUT2D eigenvalue weighted by atomic mass is 32.2. The first kappa shape index (κ1) is 20.4. The first-order chi connectivity index (χ1) is 13.6. The van der Waals surface area contributed by atoms with Crippen LogP contribution in [-0.4, -0.2) is 8.42 Å². The summed E-state index contributed by atoms with van der Waals surface area (Å²) in [5.41, 5.74) is 0.431. The van der Waals surface area contributed by atoms with Crippen molar-refractivity contribution in [3.63, 3.8) is 0 Å². The molecular weight excluding hydrogens is 405 g/mol. The molecule has 0 spiro atoms. The van der Waals surface area contributed by atoms with Crippen LogP contribution in [-0.2, 0) is 16.2 Å². The fraction of sp³-hybridized carbons (Fsp3) is 0.0500. The molecule has 9 heteroatoms. The summed E-state index contributed by atoms with van der Waals surface area (Å²) in [6.45, 7) is 0. The summed E-state index contributed by atoms with van der Waals surface area (Å²) < 4.78 is 67.4. The van der Waals surface area contributed by atoms with Gasteiger partial charge < -0.3 is 4.74 Å². The lowest BCUT2D eigenvalue weighted by molar-refractivity contribution is -0.137. The maximum absolute atomic E-state index is 12.7. The molecule has 0 unspecified atom stereocenters. The highest BCUT2D eigenvalue weighted by Crippen LogP contribution is 2.33. The fourth-order valence-corrected chi connectivity index (χ4v) is 3.28. The molecule has 0 aromatic heterocycles. The number of hydrogen-bond donors (Lipinski definition) is 1. The molecule has 3 aromatic carbocycles. The zero-order valence-electron chi connectivity index (χ0n) is 14.6. The minimum absolute atomic E-state index is 0.0731. The van der Waals surface area contributed by atoms with Crippen molar-refractivity contribution >= 4 is 10.0 Å². The Morgan fingerprint density at radius 1 is 0.931 bits per heavy atom. The monoisotopic (exact) mass is 418 g/mol. The number of hydrogen-bond acceptors (Lipinski definition) is 4. The summed E-state index contributed by atoms with van der Waals surface area (Å²) in [5, 5.41) is 14.1.